The average Bonchev–Trinajstić information content (AvgIpc) is 2.60. The van der Waals surface area contributed by atoms with Crippen LogP contribution in [-0.2, 0) is 0 Å². The van der Waals surface area contributed by atoms with Gasteiger partial charge in [0.15, 0.2) is 11.6 Å². The summed E-state index contributed by atoms with van der Waals surface area (Å²) in [5.74, 6) is -1.28. The van der Waals surface area contributed by atoms with Crippen molar-refractivity contribution in [3.05, 3.63) is 17.4 Å². The van der Waals surface area contributed by atoms with Crippen LogP contribution >= 0.6 is 0 Å². The van der Waals surface area contributed by atoms with Crippen LogP contribution in [0.4, 0.5) is 15.0 Å². The number of aromatic nitrogens is 1. The number of nitrogens with two attached hydrogens (primary N) is 1. The Bertz CT molecular complexity index is 727. The first-order valence-corrected chi connectivity index (χ1v) is 9.33. The molecule has 9 heteroatoms. The first-order valence-electron chi connectivity index (χ1n) is 9.33. The van der Waals surface area contributed by atoms with Crippen LogP contribution in [0.1, 0.15) is 56.8 Å². The molecule has 1 fully saturated rings. The van der Waals surface area contributed by atoms with E-state index in [4.69, 9.17) is 15.6 Å². The third-order valence-corrected chi connectivity index (χ3v) is 5.20. The van der Waals surface area contributed by atoms with Gasteiger partial charge < -0.3 is 26.2 Å². The molecule has 8 nitrogen and oxygen atoms in total. The number of methoxy groups -OCH3 is 1. The Morgan fingerprint density at radius 2 is 1.93 bits per heavy atom. The highest BCUT2D eigenvalue weighted by atomic mass is 19.1. The molecule has 1 aliphatic carbocycles. The number of nitrogens with zero attached hydrogens (tertiary/aromatic N) is 1. The smallest absolute Gasteiger partial charge is 0.404 e. The second-order valence-electron chi connectivity index (χ2n) is 8.29. The van der Waals surface area contributed by atoms with Crippen molar-refractivity contribution in [2.45, 2.75) is 58.5 Å². The number of hydrogen-bond acceptors (Lipinski definition) is 5. The number of hydrogen-bond donors (Lipinski definition) is 4. The van der Waals surface area contributed by atoms with Crippen LogP contribution in [0.25, 0.3) is 0 Å². The summed E-state index contributed by atoms with van der Waals surface area (Å²) >= 11 is 0. The van der Waals surface area contributed by atoms with Gasteiger partial charge >= 0.3 is 6.09 Å². The highest BCUT2D eigenvalue weighted by Gasteiger charge is 2.36. The first-order chi connectivity index (χ1) is 13.0. The molecule has 2 rings (SSSR count). The fourth-order valence-electron chi connectivity index (χ4n) is 3.87. The molecular formula is C19H29FN4O4. The third-order valence-electron chi connectivity index (χ3n) is 5.20. The monoisotopic (exact) mass is 396 g/mol. The quantitative estimate of drug-likeness (QED) is 0.585. The van der Waals surface area contributed by atoms with E-state index in [0.717, 1.165) is 31.7 Å². The van der Waals surface area contributed by atoms with Crippen molar-refractivity contribution in [1.82, 2.24) is 10.3 Å². The molecule has 1 unspecified atom stereocenters. The predicted octanol–water partition coefficient (Wildman–Crippen LogP) is 2.98. The molecule has 1 saturated carbocycles. The van der Waals surface area contributed by atoms with E-state index < -0.39 is 17.8 Å². The van der Waals surface area contributed by atoms with Gasteiger partial charge in [-0.2, -0.15) is 4.98 Å². The molecule has 1 aromatic rings. The molecule has 0 spiro atoms. The number of ether oxygens (including phenoxy) is 1. The Kier molecular flexibility index (Phi) is 6.69. The van der Waals surface area contributed by atoms with Gasteiger partial charge in [-0.3, -0.25) is 4.79 Å². The largest absolute Gasteiger partial charge is 0.480 e. The van der Waals surface area contributed by atoms with Crippen molar-refractivity contribution in [3.8, 4) is 5.88 Å². The summed E-state index contributed by atoms with van der Waals surface area (Å²) in [6.07, 6.45) is 2.09. The molecule has 1 heterocycles. The molecule has 0 aromatic carbocycles. The van der Waals surface area contributed by atoms with Crippen LogP contribution in [0.3, 0.4) is 0 Å². The first kappa shape index (κ1) is 21.7. The summed E-state index contributed by atoms with van der Waals surface area (Å²) < 4.78 is 19.4. The zero-order valence-corrected chi connectivity index (χ0v) is 16.7. The Morgan fingerprint density at radius 1 is 1.32 bits per heavy atom. The molecule has 156 valence electrons. The van der Waals surface area contributed by atoms with Gasteiger partial charge in [-0.05, 0) is 43.1 Å². The molecule has 1 atom stereocenters. The molecule has 5 N–H and O–H groups in total. The highest BCUT2D eigenvalue weighted by molar-refractivity contribution is 5.95. The van der Waals surface area contributed by atoms with Gasteiger partial charge in [0.1, 0.15) is 5.56 Å². The van der Waals surface area contributed by atoms with Crippen molar-refractivity contribution in [2.24, 2.45) is 17.1 Å². The molecule has 0 bridgehead atoms. The number of carbonyl (C=O) groups is 2. The minimum atomic E-state index is -1.02. The van der Waals surface area contributed by atoms with E-state index in [1.807, 2.05) is 20.8 Å². The van der Waals surface area contributed by atoms with E-state index in [0.29, 0.717) is 0 Å². The van der Waals surface area contributed by atoms with E-state index in [9.17, 15) is 14.0 Å². The number of primary amides is 1. The fraction of sp³-hybridized carbons (Fsp3) is 0.632. The predicted molar refractivity (Wildman–Crippen MR) is 103 cm³/mol. The van der Waals surface area contributed by atoms with Crippen molar-refractivity contribution in [2.75, 3.05) is 12.4 Å². The molecule has 0 aliphatic heterocycles. The number of halogens is 1. The summed E-state index contributed by atoms with van der Waals surface area (Å²) in [6, 6.07) is 0.859. The van der Waals surface area contributed by atoms with E-state index in [1.54, 1.807) is 0 Å². The van der Waals surface area contributed by atoms with Crippen LogP contribution in [0.2, 0.25) is 0 Å². The van der Waals surface area contributed by atoms with E-state index >= 15 is 0 Å². The lowest BCUT2D eigenvalue weighted by Crippen LogP contribution is -2.49. The van der Waals surface area contributed by atoms with Crippen molar-refractivity contribution in [3.63, 3.8) is 0 Å². The van der Waals surface area contributed by atoms with Crippen molar-refractivity contribution >= 4 is 17.8 Å². The summed E-state index contributed by atoms with van der Waals surface area (Å²) in [6.45, 7) is 6.05. The highest BCUT2D eigenvalue weighted by Crippen LogP contribution is 2.36. The lowest BCUT2D eigenvalue weighted by Gasteiger charge is -2.40. The Hall–Kier alpha value is -2.58. The second-order valence-corrected chi connectivity index (χ2v) is 8.29. The minimum Gasteiger partial charge on any atom is -0.480 e. The Balaban J connectivity index is 2.06. The van der Waals surface area contributed by atoms with Crippen LogP contribution < -0.4 is 21.1 Å². The van der Waals surface area contributed by atoms with Gasteiger partial charge in [0.2, 0.25) is 5.88 Å². The van der Waals surface area contributed by atoms with Crippen LogP contribution in [0, 0.1) is 17.2 Å². The third kappa shape index (κ3) is 5.24. The van der Waals surface area contributed by atoms with E-state index in [1.165, 1.54) is 7.11 Å². The van der Waals surface area contributed by atoms with Crippen molar-refractivity contribution in [1.29, 1.82) is 0 Å². The van der Waals surface area contributed by atoms with Crippen LogP contribution in [-0.4, -0.2) is 41.3 Å². The van der Waals surface area contributed by atoms with Gasteiger partial charge in [0, 0.05) is 12.1 Å². The van der Waals surface area contributed by atoms with Gasteiger partial charge in [-0.25, -0.2) is 9.18 Å². The molecule has 1 aliphatic rings. The number of carboxylic acid groups (broad SMARTS) is 1. The minimum absolute atomic E-state index is 0.00664. The molecule has 2 amide bonds. The molecule has 1 aromatic heterocycles. The van der Waals surface area contributed by atoms with Crippen LogP contribution in [0.5, 0.6) is 5.88 Å². The number of pyridine rings is 1. The number of nitrogens with one attached hydrogen (secondary N) is 2. The topological polar surface area (TPSA) is 127 Å². The molecular weight excluding hydrogens is 367 g/mol. The maximum Gasteiger partial charge on any atom is 0.404 e. The van der Waals surface area contributed by atoms with Crippen LogP contribution in [0.15, 0.2) is 6.07 Å². The number of anilines is 1. The van der Waals surface area contributed by atoms with E-state index in [-0.39, 0.29) is 40.7 Å². The molecule has 0 radical (unpaired) electrons. The van der Waals surface area contributed by atoms with Gasteiger partial charge in [0.05, 0.1) is 7.11 Å². The summed E-state index contributed by atoms with van der Waals surface area (Å²) in [7, 11) is 1.34. The summed E-state index contributed by atoms with van der Waals surface area (Å²) in [5, 5.41) is 14.9. The van der Waals surface area contributed by atoms with E-state index in [2.05, 4.69) is 15.6 Å². The summed E-state index contributed by atoms with van der Waals surface area (Å²) in [4.78, 5) is 26.6. The zero-order valence-electron chi connectivity index (χ0n) is 16.7. The SMILES string of the molecule is COc1nc(N[C@H]2CC[C@H](C(NC(=O)O)C(C)(C)C)CC2)c(F)cc1C(N)=O. The molecule has 0 saturated heterocycles. The van der Waals surface area contributed by atoms with Gasteiger partial charge in [-0.15, -0.1) is 0 Å². The second kappa shape index (κ2) is 8.62. The standard InChI is InChI=1S/C19H29FN4O4/c1-19(2,3)14(23-18(26)27)10-5-7-11(8-6-10)22-16-13(20)9-12(15(21)25)17(24-16)28-4/h9-11,14,23H,5-8H2,1-4H3,(H2,21,25)(H,22,24)(H,26,27)/t10-,11-,14?. The zero-order chi connectivity index (χ0) is 21.1. The number of amides is 2. The summed E-state index contributed by atoms with van der Waals surface area (Å²) in [5.41, 5.74) is 4.90. The van der Waals surface area contributed by atoms with Gasteiger partial charge in [0.25, 0.3) is 5.91 Å². The average molecular weight is 396 g/mol. The fourth-order valence-corrected chi connectivity index (χ4v) is 3.87. The number of carbonyl (C=O) groups excluding carboxylic acids is 1. The molecule has 28 heavy (non-hydrogen) atoms. The number of rotatable bonds is 6. The van der Waals surface area contributed by atoms with Crippen molar-refractivity contribution < 1.29 is 23.8 Å². The maximum atomic E-state index is 14.3. The lowest BCUT2D eigenvalue weighted by atomic mass is 9.72. The Morgan fingerprint density at radius 3 is 2.39 bits per heavy atom. The maximum absolute atomic E-state index is 14.3. The van der Waals surface area contributed by atoms with Gasteiger partial charge in [-0.1, -0.05) is 20.8 Å². The Labute approximate surface area is 164 Å². The normalized spacial score (nSPS) is 20.9. The lowest BCUT2D eigenvalue weighted by molar-refractivity contribution is 0.0996.